The molecule has 0 bridgehead atoms. The Bertz CT molecular complexity index is 600. The topological polar surface area (TPSA) is 38.2 Å². The second-order valence-electron chi connectivity index (χ2n) is 5.09. The SMILES string of the molecule is Cc1cccc(CSc2cc(N3CCOCC3)ncn2)c1. The highest BCUT2D eigenvalue weighted by atomic mass is 32.2. The molecule has 2 aromatic rings. The van der Waals surface area contributed by atoms with Gasteiger partial charge in [0.25, 0.3) is 0 Å². The summed E-state index contributed by atoms with van der Waals surface area (Å²) in [6.07, 6.45) is 1.66. The number of rotatable bonds is 4. The molecule has 0 aliphatic carbocycles. The zero-order valence-electron chi connectivity index (χ0n) is 12.2. The van der Waals surface area contributed by atoms with Crippen LogP contribution in [0.3, 0.4) is 0 Å². The maximum atomic E-state index is 5.38. The lowest BCUT2D eigenvalue weighted by molar-refractivity contribution is 0.122. The van der Waals surface area contributed by atoms with Crippen LogP contribution in [0.5, 0.6) is 0 Å². The summed E-state index contributed by atoms with van der Waals surface area (Å²) in [5.41, 5.74) is 2.62. The van der Waals surface area contributed by atoms with Crippen LogP contribution in [-0.4, -0.2) is 36.3 Å². The third-order valence-corrected chi connectivity index (χ3v) is 4.43. The minimum absolute atomic E-state index is 0.774. The Balaban J connectivity index is 1.65. The molecule has 1 saturated heterocycles. The van der Waals surface area contributed by atoms with Gasteiger partial charge in [-0.15, -0.1) is 11.8 Å². The number of hydrogen-bond acceptors (Lipinski definition) is 5. The molecule has 1 aromatic heterocycles. The maximum Gasteiger partial charge on any atom is 0.133 e. The van der Waals surface area contributed by atoms with E-state index in [4.69, 9.17) is 4.74 Å². The summed E-state index contributed by atoms with van der Waals surface area (Å²) in [7, 11) is 0. The third-order valence-electron chi connectivity index (χ3n) is 3.43. The summed E-state index contributed by atoms with van der Waals surface area (Å²) >= 11 is 1.75. The molecule has 0 N–H and O–H groups in total. The predicted molar refractivity (Wildman–Crippen MR) is 85.8 cm³/mol. The van der Waals surface area contributed by atoms with Gasteiger partial charge in [0, 0.05) is 24.9 Å². The van der Waals surface area contributed by atoms with E-state index >= 15 is 0 Å². The van der Waals surface area contributed by atoms with Crippen molar-refractivity contribution in [1.29, 1.82) is 0 Å². The molecule has 1 aromatic carbocycles. The van der Waals surface area contributed by atoms with Crippen molar-refractivity contribution in [3.8, 4) is 0 Å². The smallest absolute Gasteiger partial charge is 0.133 e. The second-order valence-corrected chi connectivity index (χ2v) is 6.09. The molecule has 21 heavy (non-hydrogen) atoms. The standard InChI is InChI=1S/C16H19N3OS/c1-13-3-2-4-14(9-13)11-21-16-10-15(17-12-18-16)19-5-7-20-8-6-19/h2-4,9-10,12H,5-8,11H2,1H3. The van der Waals surface area contributed by atoms with Gasteiger partial charge in [-0.05, 0) is 12.5 Å². The minimum atomic E-state index is 0.774. The normalized spacial score (nSPS) is 15.2. The first-order valence-electron chi connectivity index (χ1n) is 7.14. The number of aromatic nitrogens is 2. The summed E-state index contributed by atoms with van der Waals surface area (Å²) in [4.78, 5) is 11.0. The fraction of sp³-hybridized carbons (Fsp3) is 0.375. The van der Waals surface area contributed by atoms with Crippen molar-refractivity contribution in [1.82, 2.24) is 9.97 Å². The van der Waals surface area contributed by atoms with Crippen molar-refractivity contribution in [2.75, 3.05) is 31.2 Å². The Morgan fingerprint density at radius 3 is 2.86 bits per heavy atom. The minimum Gasteiger partial charge on any atom is -0.378 e. The highest BCUT2D eigenvalue weighted by Gasteiger charge is 2.13. The molecule has 5 heteroatoms. The molecule has 3 rings (SSSR count). The van der Waals surface area contributed by atoms with Crippen molar-refractivity contribution in [2.24, 2.45) is 0 Å². The number of anilines is 1. The van der Waals surface area contributed by atoms with Gasteiger partial charge in [0.2, 0.25) is 0 Å². The number of hydrogen-bond donors (Lipinski definition) is 0. The number of aryl methyl sites for hydroxylation is 1. The largest absolute Gasteiger partial charge is 0.378 e. The third kappa shape index (κ3) is 3.95. The Hall–Kier alpha value is -1.59. The molecule has 0 radical (unpaired) electrons. The molecule has 0 amide bonds. The fourth-order valence-electron chi connectivity index (χ4n) is 2.33. The van der Waals surface area contributed by atoms with Crippen LogP contribution in [0.15, 0.2) is 41.7 Å². The predicted octanol–water partition coefficient (Wildman–Crippen LogP) is 2.91. The van der Waals surface area contributed by atoms with E-state index in [1.807, 2.05) is 0 Å². The molecule has 1 aliphatic heterocycles. The molecule has 110 valence electrons. The first-order chi connectivity index (χ1) is 10.3. The van der Waals surface area contributed by atoms with Crippen molar-refractivity contribution in [3.05, 3.63) is 47.8 Å². The van der Waals surface area contributed by atoms with Crippen LogP contribution in [0.1, 0.15) is 11.1 Å². The van der Waals surface area contributed by atoms with Crippen molar-refractivity contribution in [2.45, 2.75) is 17.7 Å². The van der Waals surface area contributed by atoms with E-state index in [-0.39, 0.29) is 0 Å². The summed E-state index contributed by atoms with van der Waals surface area (Å²) < 4.78 is 5.38. The van der Waals surface area contributed by atoms with Gasteiger partial charge in [-0.25, -0.2) is 9.97 Å². The number of nitrogens with zero attached hydrogens (tertiary/aromatic N) is 3. The van der Waals surface area contributed by atoms with E-state index in [0.717, 1.165) is 42.9 Å². The molecule has 1 aliphatic rings. The van der Waals surface area contributed by atoms with Gasteiger partial charge in [-0.2, -0.15) is 0 Å². The lowest BCUT2D eigenvalue weighted by Gasteiger charge is -2.27. The van der Waals surface area contributed by atoms with Gasteiger partial charge in [0.15, 0.2) is 0 Å². The molecule has 4 nitrogen and oxygen atoms in total. The molecule has 2 heterocycles. The lowest BCUT2D eigenvalue weighted by atomic mass is 10.2. The number of thioether (sulfide) groups is 1. The van der Waals surface area contributed by atoms with Gasteiger partial charge in [0.1, 0.15) is 17.2 Å². The Morgan fingerprint density at radius 1 is 1.19 bits per heavy atom. The number of morpholine rings is 1. The lowest BCUT2D eigenvalue weighted by Crippen LogP contribution is -2.36. The van der Waals surface area contributed by atoms with Crippen LogP contribution in [0.25, 0.3) is 0 Å². The van der Waals surface area contributed by atoms with Crippen molar-refractivity contribution < 1.29 is 4.74 Å². The highest BCUT2D eigenvalue weighted by molar-refractivity contribution is 7.98. The molecule has 0 unspecified atom stereocenters. The van der Waals surface area contributed by atoms with Crippen LogP contribution in [-0.2, 0) is 10.5 Å². The van der Waals surface area contributed by atoms with Gasteiger partial charge in [-0.3, -0.25) is 0 Å². The van der Waals surface area contributed by atoms with E-state index in [9.17, 15) is 0 Å². The highest BCUT2D eigenvalue weighted by Crippen LogP contribution is 2.24. The molecule has 0 atom stereocenters. The van der Waals surface area contributed by atoms with Crippen LogP contribution < -0.4 is 4.90 Å². The summed E-state index contributed by atoms with van der Waals surface area (Å²) in [6, 6.07) is 10.7. The fourth-order valence-corrected chi connectivity index (χ4v) is 3.14. The Kier molecular flexibility index (Phi) is 4.72. The van der Waals surface area contributed by atoms with Gasteiger partial charge >= 0.3 is 0 Å². The van der Waals surface area contributed by atoms with E-state index in [1.165, 1.54) is 11.1 Å². The van der Waals surface area contributed by atoms with E-state index in [2.05, 4.69) is 52.1 Å². The van der Waals surface area contributed by atoms with Crippen molar-refractivity contribution in [3.63, 3.8) is 0 Å². The van der Waals surface area contributed by atoms with Crippen molar-refractivity contribution >= 4 is 17.6 Å². The van der Waals surface area contributed by atoms with E-state index < -0.39 is 0 Å². The molecular weight excluding hydrogens is 282 g/mol. The zero-order chi connectivity index (χ0) is 14.5. The van der Waals surface area contributed by atoms with Crippen LogP contribution in [0.2, 0.25) is 0 Å². The average molecular weight is 301 g/mol. The second kappa shape index (κ2) is 6.91. The van der Waals surface area contributed by atoms with Gasteiger partial charge in [-0.1, -0.05) is 29.8 Å². The van der Waals surface area contributed by atoms with E-state index in [1.54, 1.807) is 18.1 Å². The Morgan fingerprint density at radius 2 is 2.05 bits per heavy atom. The zero-order valence-corrected chi connectivity index (χ0v) is 13.0. The first kappa shape index (κ1) is 14.4. The first-order valence-corrected chi connectivity index (χ1v) is 8.13. The molecular formula is C16H19N3OS. The van der Waals surface area contributed by atoms with E-state index in [0.29, 0.717) is 0 Å². The maximum absolute atomic E-state index is 5.38. The summed E-state index contributed by atoms with van der Waals surface area (Å²) in [5, 5.41) is 1.02. The quantitative estimate of drug-likeness (QED) is 0.641. The van der Waals surface area contributed by atoms with Gasteiger partial charge < -0.3 is 9.64 Å². The van der Waals surface area contributed by atoms with Crippen LogP contribution >= 0.6 is 11.8 Å². The average Bonchev–Trinajstić information content (AvgIpc) is 2.54. The van der Waals surface area contributed by atoms with Crippen LogP contribution in [0.4, 0.5) is 5.82 Å². The molecule has 0 spiro atoms. The summed E-state index contributed by atoms with van der Waals surface area (Å²) in [6.45, 7) is 5.47. The van der Waals surface area contributed by atoms with Crippen LogP contribution in [0, 0.1) is 6.92 Å². The monoisotopic (exact) mass is 301 g/mol. The Labute approximate surface area is 129 Å². The molecule has 1 fully saturated rings. The summed E-state index contributed by atoms with van der Waals surface area (Å²) in [5.74, 6) is 1.93. The molecule has 0 saturated carbocycles. The van der Waals surface area contributed by atoms with Gasteiger partial charge in [0.05, 0.1) is 13.2 Å². The number of benzene rings is 1. The number of ether oxygens (including phenoxy) is 1.